The molecule has 4 heteroatoms. The van der Waals surface area contributed by atoms with Crippen LogP contribution in [0.1, 0.15) is 22.3 Å². The summed E-state index contributed by atoms with van der Waals surface area (Å²) in [6.07, 6.45) is 1.85. The number of aryl methyl sites for hydroxylation is 2. The van der Waals surface area contributed by atoms with Crippen molar-refractivity contribution < 1.29 is 4.74 Å². The minimum absolute atomic E-state index is 0.506. The van der Waals surface area contributed by atoms with Gasteiger partial charge in [0.15, 0.2) is 0 Å². The minimum Gasteiger partial charge on any atom is -0.487 e. The molecule has 0 saturated carbocycles. The Morgan fingerprint density at radius 2 is 1.69 bits per heavy atom. The number of halogens is 2. The Morgan fingerprint density at radius 1 is 0.962 bits per heavy atom. The van der Waals surface area contributed by atoms with Crippen LogP contribution in [0.25, 0.3) is 0 Å². The molecule has 0 aromatic heterocycles. The molecule has 0 bridgehead atoms. The lowest BCUT2D eigenvalue weighted by molar-refractivity contribution is 0.304. The lowest BCUT2D eigenvalue weighted by Gasteiger charge is -2.12. The quantitative estimate of drug-likeness (QED) is 0.361. The Kier molecular flexibility index (Phi) is 6.28. The maximum Gasteiger partial charge on any atom is 0.142 e. The molecule has 0 aliphatic carbocycles. The molecular weight excluding hydrogens is 454 g/mol. The topological polar surface area (TPSA) is 21.6 Å². The number of para-hydroxylation sites is 1. The Bertz CT molecular complexity index is 933. The van der Waals surface area contributed by atoms with Crippen LogP contribution >= 0.6 is 31.9 Å². The van der Waals surface area contributed by atoms with Crippen LogP contribution in [0.5, 0.6) is 5.75 Å². The van der Waals surface area contributed by atoms with Gasteiger partial charge >= 0.3 is 0 Å². The highest BCUT2D eigenvalue weighted by Gasteiger charge is 2.10. The van der Waals surface area contributed by atoms with E-state index in [0.29, 0.717) is 6.61 Å². The second kappa shape index (κ2) is 8.65. The van der Waals surface area contributed by atoms with Crippen molar-refractivity contribution in [1.29, 1.82) is 0 Å². The molecule has 0 saturated heterocycles. The van der Waals surface area contributed by atoms with Gasteiger partial charge in [0, 0.05) is 16.3 Å². The van der Waals surface area contributed by atoms with Gasteiger partial charge in [0.1, 0.15) is 12.4 Å². The molecular formula is C22H19Br2NO. The molecule has 0 fully saturated rings. The highest BCUT2D eigenvalue weighted by Crippen LogP contribution is 2.33. The summed E-state index contributed by atoms with van der Waals surface area (Å²) in [6, 6.07) is 20.4. The summed E-state index contributed by atoms with van der Waals surface area (Å²) < 4.78 is 7.97. The van der Waals surface area contributed by atoms with Crippen LogP contribution in [0.2, 0.25) is 0 Å². The largest absolute Gasteiger partial charge is 0.487 e. The maximum atomic E-state index is 6.11. The molecule has 0 unspecified atom stereocenters. The number of hydrogen-bond acceptors (Lipinski definition) is 2. The molecule has 0 atom stereocenters. The Balaban J connectivity index is 1.87. The molecule has 3 aromatic rings. The van der Waals surface area contributed by atoms with Crippen molar-refractivity contribution in [2.24, 2.45) is 4.99 Å². The molecule has 3 aromatic carbocycles. The molecule has 0 amide bonds. The first kappa shape index (κ1) is 18.9. The third-order valence-corrected chi connectivity index (χ3v) is 5.05. The van der Waals surface area contributed by atoms with E-state index in [0.717, 1.165) is 37.1 Å². The molecule has 0 spiro atoms. The summed E-state index contributed by atoms with van der Waals surface area (Å²) >= 11 is 7.15. The second-order valence-electron chi connectivity index (χ2n) is 6.12. The van der Waals surface area contributed by atoms with Gasteiger partial charge in [-0.1, -0.05) is 64.0 Å². The fraction of sp³-hybridized carbons (Fsp3) is 0.136. The average molecular weight is 473 g/mol. The molecule has 2 nitrogen and oxygen atoms in total. The second-order valence-corrected chi connectivity index (χ2v) is 7.89. The van der Waals surface area contributed by atoms with E-state index in [9.17, 15) is 0 Å². The highest BCUT2D eigenvalue weighted by molar-refractivity contribution is 9.11. The summed E-state index contributed by atoms with van der Waals surface area (Å²) in [5.74, 6) is 0.783. The Morgan fingerprint density at radius 3 is 2.42 bits per heavy atom. The molecule has 0 N–H and O–H groups in total. The van der Waals surface area contributed by atoms with Crippen LogP contribution in [0.4, 0.5) is 5.69 Å². The number of ether oxygens (including phenoxy) is 1. The van der Waals surface area contributed by atoms with Crippen LogP contribution < -0.4 is 4.74 Å². The highest BCUT2D eigenvalue weighted by atomic mass is 79.9. The Hall–Kier alpha value is -1.91. The van der Waals surface area contributed by atoms with Crippen molar-refractivity contribution in [1.82, 2.24) is 0 Å². The van der Waals surface area contributed by atoms with E-state index < -0.39 is 0 Å². The van der Waals surface area contributed by atoms with Crippen molar-refractivity contribution >= 4 is 43.8 Å². The summed E-state index contributed by atoms with van der Waals surface area (Å²) in [5.41, 5.74) is 5.38. The molecule has 132 valence electrons. The van der Waals surface area contributed by atoms with Crippen LogP contribution in [-0.2, 0) is 6.61 Å². The third kappa shape index (κ3) is 4.83. The first-order valence-corrected chi connectivity index (χ1v) is 9.88. The van der Waals surface area contributed by atoms with Gasteiger partial charge in [-0.25, -0.2) is 0 Å². The van der Waals surface area contributed by atoms with Gasteiger partial charge in [-0.05, 0) is 59.1 Å². The fourth-order valence-corrected chi connectivity index (χ4v) is 3.89. The van der Waals surface area contributed by atoms with E-state index in [1.165, 1.54) is 5.56 Å². The predicted octanol–water partition coefficient (Wildman–Crippen LogP) is 7.16. The minimum atomic E-state index is 0.506. The summed E-state index contributed by atoms with van der Waals surface area (Å²) in [5, 5.41) is 0. The molecule has 0 aliphatic rings. The summed E-state index contributed by atoms with van der Waals surface area (Å²) in [4.78, 5) is 4.64. The molecule has 0 radical (unpaired) electrons. The number of rotatable bonds is 5. The summed E-state index contributed by atoms with van der Waals surface area (Å²) in [6.45, 7) is 4.64. The average Bonchev–Trinajstić information content (AvgIpc) is 2.61. The van der Waals surface area contributed by atoms with E-state index in [4.69, 9.17) is 4.74 Å². The van der Waals surface area contributed by atoms with Crippen LogP contribution in [0, 0.1) is 13.8 Å². The molecule has 3 rings (SSSR count). The molecule has 0 aliphatic heterocycles. The number of aliphatic imine (C=N–C) groups is 1. The molecule has 26 heavy (non-hydrogen) atoms. The Labute approximate surface area is 171 Å². The van der Waals surface area contributed by atoms with Crippen LogP contribution in [0.15, 0.2) is 74.6 Å². The SMILES string of the molecule is Cc1ccc(COc2c(Br)cc(Br)cc2C=Nc2ccccc2C)cc1. The number of benzene rings is 3. The van der Waals surface area contributed by atoms with Gasteiger partial charge < -0.3 is 4.74 Å². The van der Waals surface area contributed by atoms with E-state index in [1.54, 1.807) is 0 Å². The van der Waals surface area contributed by atoms with Gasteiger partial charge in [-0.15, -0.1) is 0 Å². The number of hydrogen-bond donors (Lipinski definition) is 0. The van der Waals surface area contributed by atoms with Crippen molar-refractivity contribution in [2.45, 2.75) is 20.5 Å². The van der Waals surface area contributed by atoms with Gasteiger partial charge in [0.05, 0.1) is 10.2 Å². The maximum absolute atomic E-state index is 6.11. The van der Waals surface area contributed by atoms with Crippen LogP contribution in [0.3, 0.4) is 0 Å². The van der Waals surface area contributed by atoms with Gasteiger partial charge in [-0.2, -0.15) is 0 Å². The van der Waals surface area contributed by atoms with E-state index in [-0.39, 0.29) is 0 Å². The zero-order valence-corrected chi connectivity index (χ0v) is 17.8. The fourth-order valence-electron chi connectivity index (χ4n) is 2.52. The third-order valence-electron chi connectivity index (χ3n) is 4.00. The lowest BCUT2D eigenvalue weighted by Crippen LogP contribution is -1.99. The van der Waals surface area contributed by atoms with Crippen molar-refractivity contribution in [3.63, 3.8) is 0 Å². The van der Waals surface area contributed by atoms with Crippen molar-refractivity contribution in [3.05, 3.63) is 91.9 Å². The van der Waals surface area contributed by atoms with E-state index in [1.807, 2.05) is 36.5 Å². The van der Waals surface area contributed by atoms with Gasteiger partial charge in [-0.3, -0.25) is 4.99 Å². The monoisotopic (exact) mass is 471 g/mol. The zero-order valence-electron chi connectivity index (χ0n) is 14.7. The first-order valence-electron chi connectivity index (χ1n) is 8.30. The molecule has 0 heterocycles. The zero-order chi connectivity index (χ0) is 18.5. The van der Waals surface area contributed by atoms with Gasteiger partial charge in [0.25, 0.3) is 0 Å². The van der Waals surface area contributed by atoms with E-state index in [2.05, 4.69) is 81.0 Å². The first-order chi connectivity index (χ1) is 12.5. The van der Waals surface area contributed by atoms with E-state index >= 15 is 0 Å². The lowest BCUT2D eigenvalue weighted by atomic mass is 10.1. The summed E-state index contributed by atoms with van der Waals surface area (Å²) in [7, 11) is 0. The predicted molar refractivity (Wildman–Crippen MR) is 116 cm³/mol. The standard InChI is InChI=1S/C22H19Br2NO/c1-15-7-9-17(10-8-15)14-26-22-18(11-19(23)12-20(22)24)13-25-21-6-4-3-5-16(21)2/h3-13H,14H2,1-2H3. The number of nitrogens with zero attached hydrogens (tertiary/aromatic N) is 1. The van der Waals surface area contributed by atoms with Crippen LogP contribution in [-0.4, -0.2) is 6.21 Å². The van der Waals surface area contributed by atoms with Gasteiger partial charge in [0.2, 0.25) is 0 Å². The smallest absolute Gasteiger partial charge is 0.142 e. The van der Waals surface area contributed by atoms with Crippen molar-refractivity contribution in [2.75, 3.05) is 0 Å². The normalized spacial score (nSPS) is 11.1. The van der Waals surface area contributed by atoms with Crippen molar-refractivity contribution in [3.8, 4) is 5.75 Å².